The molecule has 1 unspecified atom stereocenters. The summed E-state index contributed by atoms with van der Waals surface area (Å²) in [5.41, 5.74) is 1.25. The molecule has 1 aromatic carbocycles. The number of ether oxygens (including phenoxy) is 1. The Labute approximate surface area is 111 Å². The summed E-state index contributed by atoms with van der Waals surface area (Å²) in [5, 5.41) is 3.62. The highest BCUT2D eigenvalue weighted by molar-refractivity contribution is 14.1. The van der Waals surface area contributed by atoms with Gasteiger partial charge in [0, 0.05) is 28.5 Å². The highest BCUT2D eigenvalue weighted by atomic mass is 127. The average molecular weight is 331 g/mol. The van der Waals surface area contributed by atoms with Gasteiger partial charge in [-0.15, -0.1) is 0 Å². The van der Waals surface area contributed by atoms with E-state index in [1.54, 1.807) is 0 Å². The van der Waals surface area contributed by atoms with Crippen LogP contribution in [0.4, 0.5) is 5.69 Å². The van der Waals surface area contributed by atoms with Crippen LogP contribution in [0.2, 0.25) is 0 Å². The molecular weight excluding hydrogens is 313 g/mol. The molecule has 88 valence electrons. The van der Waals surface area contributed by atoms with E-state index in [2.05, 4.69) is 59.1 Å². The summed E-state index contributed by atoms with van der Waals surface area (Å²) >= 11 is 2.38. The Balaban J connectivity index is 1.96. The minimum Gasteiger partial charge on any atom is -0.381 e. The van der Waals surface area contributed by atoms with Crippen LogP contribution in [-0.4, -0.2) is 19.3 Å². The quantitative estimate of drug-likeness (QED) is 0.856. The molecule has 0 spiro atoms. The lowest BCUT2D eigenvalue weighted by Crippen LogP contribution is -2.31. The Morgan fingerprint density at radius 3 is 2.69 bits per heavy atom. The maximum absolute atomic E-state index is 5.39. The summed E-state index contributed by atoms with van der Waals surface area (Å²) in [5.74, 6) is 0.741. The van der Waals surface area contributed by atoms with E-state index in [1.807, 2.05) is 0 Å². The molecule has 0 radical (unpaired) electrons. The first-order chi connectivity index (χ1) is 7.77. The van der Waals surface area contributed by atoms with Gasteiger partial charge in [-0.05, 0) is 60.4 Å². The van der Waals surface area contributed by atoms with Gasteiger partial charge in [0.15, 0.2) is 0 Å². The highest BCUT2D eigenvalue weighted by Crippen LogP contribution is 2.24. The van der Waals surface area contributed by atoms with E-state index >= 15 is 0 Å². The third kappa shape index (κ3) is 3.10. The van der Waals surface area contributed by atoms with Gasteiger partial charge < -0.3 is 10.1 Å². The zero-order chi connectivity index (χ0) is 11.4. The van der Waals surface area contributed by atoms with Crippen LogP contribution in [0.5, 0.6) is 0 Å². The molecule has 0 bridgehead atoms. The largest absolute Gasteiger partial charge is 0.381 e. The topological polar surface area (TPSA) is 21.3 Å². The van der Waals surface area contributed by atoms with Gasteiger partial charge in [-0.25, -0.2) is 0 Å². The van der Waals surface area contributed by atoms with Crippen molar-refractivity contribution in [3.05, 3.63) is 27.8 Å². The van der Waals surface area contributed by atoms with Gasteiger partial charge in [0.25, 0.3) is 0 Å². The third-order valence-corrected chi connectivity index (χ3v) is 4.17. The minimum atomic E-state index is 0.528. The molecule has 3 heteroatoms. The standard InChI is InChI=1S/C13H18INO/c1-10(11-6-8-16-9-7-11)15-13-5-3-2-4-12(13)14/h2-5,10-11,15H,6-9H2,1H3. The Kier molecular flexibility index (Phi) is 4.46. The van der Waals surface area contributed by atoms with Crippen molar-refractivity contribution in [2.75, 3.05) is 18.5 Å². The minimum absolute atomic E-state index is 0.528. The normalized spacial score (nSPS) is 19.4. The molecule has 1 heterocycles. The van der Waals surface area contributed by atoms with Crippen LogP contribution in [0, 0.1) is 9.49 Å². The van der Waals surface area contributed by atoms with Crippen LogP contribution < -0.4 is 5.32 Å². The van der Waals surface area contributed by atoms with Gasteiger partial charge in [-0.3, -0.25) is 0 Å². The molecule has 0 aliphatic carbocycles. The molecule has 1 saturated heterocycles. The first kappa shape index (κ1) is 12.2. The fourth-order valence-corrected chi connectivity index (χ4v) is 2.70. The van der Waals surface area contributed by atoms with E-state index in [4.69, 9.17) is 4.74 Å². The Hall–Kier alpha value is -0.290. The molecule has 1 aliphatic rings. The van der Waals surface area contributed by atoms with Crippen molar-refractivity contribution in [2.24, 2.45) is 5.92 Å². The molecule has 16 heavy (non-hydrogen) atoms. The van der Waals surface area contributed by atoms with Crippen molar-refractivity contribution >= 4 is 28.3 Å². The van der Waals surface area contributed by atoms with E-state index < -0.39 is 0 Å². The first-order valence-electron chi connectivity index (χ1n) is 5.86. The zero-order valence-electron chi connectivity index (χ0n) is 9.58. The van der Waals surface area contributed by atoms with Crippen LogP contribution >= 0.6 is 22.6 Å². The van der Waals surface area contributed by atoms with Crippen molar-refractivity contribution < 1.29 is 4.74 Å². The number of para-hydroxylation sites is 1. The van der Waals surface area contributed by atoms with Crippen LogP contribution in [0.1, 0.15) is 19.8 Å². The molecule has 0 amide bonds. The van der Waals surface area contributed by atoms with Crippen LogP contribution in [-0.2, 0) is 4.74 Å². The molecule has 1 N–H and O–H groups in total. The second-order valence-corrected chi connectivity index (χ2v) is 5.52. The van der Waals surface area contributed by atoms with E-state index in [1.165, 1.54) is 22.1 Å². The number of benzene rings is 1. The maximum atomic E-state index is 5.39. The smallest absolute Gasteiger partial charge is 0.0478 e. The predicted molar refractivity (Wildman–Crippen MR) is 75.8 cm³/mol. The summed E-state index contributed by atoms with van der Waals surface area (Å²) in [4.78, 5) is 0. The Morgan fingerprint density at radius 1 is 1.31 bits per heavy atom. The second-order valence-electron chi connectivity index (χ2n) is 4.36. The molecule has 0 aromatic heterocycles. The van der Waals surface area contributed by atoms with Crippen molar-refractivity contribution in [3.8, 4) is 0 Å². The first-order valence-corrected chi connectivity index (χ1v) is 6.94. The van der Waals surface area contributed by atoms with Gasteiger partial charge in [0.1, 0.15) is 0 Å². The number of hydrogen-bond acceptors (Lipinski definition) is 2. The lowest BCUT2D eigenvalue weighted by molar-refractivity contribution is 0.0622. The SMILES string of the molecule is CC(Nc1ccccc1I)C1CCOCC1. The van der Waals surface area contributed by atoms with Gasteiger partial charge in [0.2, 0.25) is 0 Å². The number of nitrogens with one attached hydrogen (secondary N) is 1. The molecule has 2 nitrogen and oxygen atoms in total. The van der Waals surface area contributed by atoms with Gasteiger partial charge in [-0.1, -0.05) is 12.1 Å². The zero-order valence-corrected chi connectivity index (χ0v) is 11.7. The molecule has 2 rings (SSSR count). The van der Waals surface area contributed by atoms with Gasteiger partial charge in [0.05, 0.1) is 0 Å². The molecule has 1 aliphatic heterocycles. The summed E-state index contributed by atoms with van der Waals surface area (Å²) in [6.45, 7) is 4.12. The summed E-state index contributed by atoms with van der Waals surface area (Å²) < 4.78 is 6.69. The molecule has 1 aromatic rings. The lowest BCUT2D eigenvalue weighted by Gasteiger charge is -2.29. The number of halogens is 1. The third-order valence-electron chi connectivity index (χ3n) is 3.23. The fourth-order valence-electron chi connectivity index (χ4n) is 2.16. The van der Waals surface area contributed by atoms with Gasteiger partial charge >= 0.3 is 0 Å². The number of rotatable bonds is 3. The van der Waals surface area contributed by atoms with Crippen molar-refractivity contribution in [3.63, 3.8) is 0 Å². The fraction of sp³-hybridized carbons (Fsp3) is 0.538. The number of anilines is 1. The van der Waals surface area contributed by atoms with Crippen LogP contribution in [0.15, 0.2) is 24.3 Å². The van der Waals surface area contributed by atoms with E-state index in [-0.39, 0.29) is 0 Å². The van der Waals surface area contributed by atoms with Crippen molar-refractivity contribution in [2.45, 2.75) is 25.8 Å². The molecular formula is C13H18INO. The van der Waals surface area contributed by atoms with E-state index in [0.717, 1.165) is 19.1 Å². The van der Waals surface area contributed by atoms with E-state index in [0.29, 0.717) is 6.04 Å². The summed E-state index contributed by atoms with van der Waals surface area (Å²) in [6, 6.07) is 8.98. The molecule has 0 saturated carbocycles. The average Bonchev–Trinajstić information content (AvgIpc) is 2.33. The monoisotopic (exact) mass is 331 g/mol. The predicted octanol–water partition coefficient (Wildman–Crippen LogP) is 3.52. The maximum Gasteiger partial charge on any atom is 0.0478 e. The lowest BCUT2D eigenvalue weighted by atomic mass is 9.93. The highest BCUT2D eigenvalue weighted by Gasteiger charge is 2.20. The van der Waals surface area contributed by atoms with Crippen LogP contribution in [0.3, 0.4) is 0 Å². The van der Waals surface area contributed by atoms with Gasteiger partial charge in [-0.2, -0.15) is 0 Å². The molecule has 1 atom stereocenters. The molecule has 1 fully saturated rings. The summed E-state index contributed by atoms with van der Waals surface area (Å²) in [6.07, 6.45) is 2.36. The second kappa shape index (κ2) is 5.87. The number of hydrogen-bond donors (Lipinski definition) is 1. The van der Waals surface area contributed by atoms with Crippen molar-refractivity contribution in [1.29, 1.82) is 0 Å². The van der Waals surface area contributed by atoms with Crippen LogP contribution in [0.25, 0.3) is 0 Å². The Morgan fingerprint density at radius 2 is 2.00 bits per heavy atom. The van der Waals surface area contributed by atoms with E-state index in [9.17, 15) is 0 Å². The van der Waals surface area contributed by atoms with Crippen molar-refractivity contribution in [1.82, 2.24) is 0 Å². The summed E-state index contributed by atoms with van der Waals surface area (Å²) in [7, 11) is 0. The Bertz CT molecular complexity index is 336.